The molecule has 0 aromatic carbocycles. The molecule has 0 saturated carbocycles. The van der Waals surface area contributed by atoms with Gasteiger partial charge in [-0.25, -0.2) is 0 Å². The standard InChI is InChI=1S/C8H14N2O2/c1-3-12-5-4-10-8(11)7(2)6-9/h7H,3-5H2,1-2H3,(H,10,11). The van der Waals surface area contributed by atoms with Crippen molar-refractivity contribution < 1.29 is 9.53 Å². The molecule has 0 rings (SSSR count). The van der Waals surface area contributed by atoms with Gasteiger partial charge in [0.15, 0.2) is 0 Å². The van der Waals surface area contributed by atoms with Crippen molar-refractivity contribution in [3.8, 4) is 6.07 Å². The summed E-state index contributed by atoms with van der Waals surface area (Å²) in [6.07, 6.45) is 0. The number of nitrogens with one attached hydrogen (secondary N) is 1. The minimum absolute atomic E-state index is 0.239. The number of carbonyl (C=O) groups excluding carboxylic acids is 1. The van der Waals surface area contributed by atoms with Crippen LogP contribution in [0.5, 0.6) is 0 Å². The molecular formula is C8H14N2O2. The molecule has 4 nitrogen and oxygen atoms in total. The maximum Gasteiger partial charge on any atom is 0.237 e. The summed E-state index contributed by atoms with van der Waals surface area (Å²) in [5.41, 5.74) is 0. The number of amides is 1. The first-order chi connectivity index (χ1) is 5.72. The van der Waals surface area contributed by atoms with E-state index in [-0.39, 0.29) is 5.91 Å². The third kappa shape index (κ3) is 4.69. The molecule has 0 radical (unpaired) electrons. The molecule has 1 N–H and O–H groups in total. The molecule has 1 amide bonds. The number of hydrogen-bond donors (Lipinski definition) is 1. The van der Waals surface area contributed by atoms with E-state index in [1.807, 2.05) is 13.0 Å². The molecule has 4 heteroatoms. The predicted octanol–water partition coefficient (Wildman–Crippen LogP) is 0.299. The Kier molecular flexibility index (Phi) is 6.02. The van der Waals surface area contributed by atoms with Crippen molar-refractivity contribution >= 4 is 5.91 Å². The van der Waals surface area contributed by atoms with Gasteiger partial charge in [-0.1, -0.05) is 0 Å². The second-order valence-corrected chi connectivity index (χ2v) is 2.34. The molecule has 0 aromatic rings. The van der Waals surface area contributed by atoms with Crippen LogP contribution in [0.1, 0.15) is 13.8 Å². The van der Waals surface area contributed by atoms with Crippen molar-refractivity contribution in [3.63, 3.8) is 0 Å². The quantitative estimate of drug-likeness (QED) is 0.603. The highest BCUT2D eigenvalue weighted by atomic mass is 16.5. The highest BCUT2D eigenvalue weighted by molar-refractivity contribution is 5.80. The lowest BCUT2D eigenvalue weighted by Crippen LogP contribution is -2.31. The average Bonchev–Trinajstić information content (AvgIpc) is 2.10. The number of carbonyl (C=O) groups is 1. The molecule has 0 aliphatic heterocycles. The van der Waals surface area contributed by atoms with Gasteiger partial charge in [0.25, 0.3) is 0 Å². The summed E-state index contributed by atoms with van der Waals surface area (Å²) in [4.78, 5) is 10.9. The molecule has 68 valence electrons. The van der Waals surface area contributed by atoms with Gasteiger partial charge >= 0.3 is 0 Å². The first-order valence-corrected chi connectivity index (χ1v) is 3.97. The van der Waals surface area contributed by atoms with Gasteiger partial charge in [0, 0.05) is 13.2 Å². The summed E-state index contributed by atoms with van der Waals surface area (Å²) in [5.74, 6) is -0.816. The smallest absolute Gasteiger partial charge is 0.237 e. The van der Waals surface area contributed by atoms with Gasteiger partial charge in [-0.3, -0.25) is 4.79 Å². The van der Waals surface area contributed by atoms with E-state index >= 15 is 0 Å². The fourth-order valence-electron chi connectivity index (χ4n) is 0.602. The summed E-state index contributed by atoms with van der Waals surface area (Å²) in [5, 5.41) is 10.9. The Hall–Kier alpha value is -1.08. The molecule has 1 unspecified atom stereocenters. The predicted molar refractivity (Wildman–Crippen MR) is 44.3 cm³/mol. The van der Waals surface area contributed by atoms with Gasteiger partial charge in [0.05, 0.1) is 12.7 Å². The molecule has 0 bridgehead atoms. The summed E-state index contributed by atoms with van der Waals surface area (Å²) in [6.45, 7) is 5.07. The molecule has 12 heavy (non-hydrogen) atoms. The van der Waals surface area contributed by atoms with Crippen molar-refractivity contribution in [2.45, 2.75) is 13.8 Å². The second-order valence-electron chi connectivity index (χ2n) is 2.34. The molecule has 1 atom stereocenters. The fraction of sp³-hybridized carbons (Fsp3) is 0.750. The average molecular weight is 170 g/mol. The van der Waals surface area contributed by atoms with Crippen molar-refractivity contribution in [3.05, 3.63) is 0 Å². The molecule has 0 heterocycles. The van der Waals surface area contributed by atoms with Gasteiger partial charge in [-0.05, 0) is 13.8 Å². The van der Waals surface area contributed by atoms with E-state index in [0.29, 0.717) is 19.8 Å². The highest BCUT2D eigenvalue weighted by Gasteiger charge is 2.09. The lowest BCUT2D eigenvalue weighted by atomic mass is 10.2. The van der Waals surface area contributed by atoms with Gasteiger partial charge in [-0.2, -0.15) is 5.26 Å². The first kappa shape index (κ1) is 10.9. The Balaban J connectivity index is 3.39. The Morgan fingerprint density at radius 3 is 2.92 bits per heavy atom. The molecule has 0 saturated heterocycles. The van der Waals surface area contributed by atoms with E-state index in [1.165, 1.54) is 0 Å². The Bertz CT molecular complexity index is 174. The third-order valence-electron chi connectivity index (χ3n) is 1.34. The van der Waals surface area contributed by atoms with Crippen molar-refractivity contribution in [2.24, 2.45) is 5.92 Å². The van der Waals surface area contributed by atoms with E-state index in [1.54, 1.807) is 6.92 Å². The maximum atomic E-state index is 10.9. The van der Waals surface area contributed by atoms with Crippen LogP contribution in [0.4, 0.5) is 0 Å². The third-order valence-corrected chi connectivity index (χ3v) is 1.34. The molecule has 0 fully saturated rings. The lowest BCUT2D eigenvalue weighted by Gasteiger charge is -2.05. The number of rotatable bonds is 5. The summed E-state index contributed by atoms with van der Waals surface area (Å²) in [7, 11) is 0. The Labute approximate surface area is 72.5 Å². The van der Waals surface area contributed by atoms with E-state index < -0.39 is 5.92 Å². The largest absolute Gasteiger partial charge is 0.380 e. The maximum absolute atomic E-state index is 10.9. The van der Waals surface area contributed by atoms with Crippen LogP contribution in [0.2, 0.25) is 0 Å². The number of hydrogen-bond acceptors (Lipinski definition) is 3. The Morgan fingerprint density at radius 1 is 1.75 bits per heavy atom. The molecule has 0 aromatic heterocycles. The molecular weight excluding hydrogens is 156 g/mol. The minimum Gasteiger partial charge on any atom is -0.380 e. The van der Waals surface area contributed by atoms with Crippen LogP contribution in [-0.4, -0.2) is 25.7 Å². The monoisotopic (exact) mass is 170 g/mol. The summed E-state index contributed by atoms with van der Waals surface area (Å²) < 4.78 is 5.00. The minimum atomic E-state index is -0.577. The topological polar surface area (TPSA) is 62.1 Å². The molecule has 0 aliphatic carbocycles. The van der Waals surface area contributed by atoms with Gasteiger partial charge < -0.3 is 10.1 Å². The van der Waals surface area contributed by atoms with E-state index in [0.717, 1.165) is 0 Å². The van der Waals surface area contributed by atoms with Crippen molar-refractivity contribution in [2.75, 3.05) is 19.8 Å². The normalized spacial score (nSPS) is 11.8. The zero-order valence-corrected chi connectivity index (χ0v) is 7.46. The lowest BCUT2D eigenvalue weighted by molar-refractivity contribution is -0.123. The summed E-state index contributed by atoms with van der Waals surface area (Å²) >= 11 is 0. The number of ether oxygens (including phenoxy) is 1. The highest BCUT2D eigenvalue weighted by Crippen LogP contribution is 1.89. The first-order valence-electron chi connectivity index (χ1n) is 3.97. The van der Waals surface area contributed by atoms with E-state index in [4.69, 9.17) is 10.00 Å². The molecule has 0 aliphatic rings. The van der Waals surface area contributed by atoms with Crippen LogP contribution >= 0.6 is 0 Å². The van der Waals surface area contributed by atoms with Crippen LogP contribution < -0.4 is 5.32 Å². The van der Waals surface area contributed by atoms with Crippen LogP contribution in [0.15, 0.2) is 0 Å². The number of nitrogens with zero attached hydrogens (tertiary/aromatic N) is 1. The van der Waals surface area contributed by atoms with Gasteiger partial charge in [0.1, 0.15) is 5.92 Å². The Morgan fingerprint density at radius 2 is 2.42 bits per heavy atom. The van der Waals surface area contributed by atoms with Crippen LogP contribution in [-0.2, 0) is 9.53 Å². The SMILES string of the molecule is CCOCCNC(=O)C(C)C#N. The second kappa shape index (κ2) is 6.62. The van der Waals surface area contributed by atoms with Crippen LogP contribution in [0, 0.1) is 17.2 Å². The van der Waals surface area contributed by atoms with Crippen molar-refractivity contribution in [1.29, 1.82) is 5.26 Å². The van der Waals surface area contributed by atoms with Gasteiger partial charge in [0.2, 0.25) is 5.91 Å². The van der Waals surface area contributed by atoms with E-state index in [2.05, 4.69) is 5.32 Å². The van der Waals surface area contributed by atoms with E-state index in [9.17, 15) is 4.79 Å². The van der Waals surface area contributed by atoms with Crippen LogP contribution in [0.25, 0.3) is 0 Å². The zero-order chi connectivity index (χ0) is 9.40. The van der Waals surface area contributed by atoms with Crippen LogP contribution in [0.3, 0.4) is 0 Å². The molecule has 0 spiro atoms. The summed E-state index contributed by atoms with van der Waals surface area (Å²) in [6, 6.07) is 1.85. The fourth-order valence-corrected chi connectivity index (χ4v) is 0.602. The van der Waals surface area contributed by atoms with Gasteiger partial charge in [-0.15, -0.1) is 0 Å². The zero-order valence-electron chi connectivity index (χ0n) is 7.46. The number of nitriles is 1. The van der Waals surface area contributed by atoms with Crippen molar-refractivity contribution in [1.82, 2.24) is 5.32 Å².